The fraction of sp³-hybridized carbons (Fsp3) is 0. The van der Waals surface area contributed by atoms with E-state index in [4.69, 9.17) is 23.2 Å². The largest absolute Gasteiger partial charge is 0.348 e. The lowest BCUT2D eigenvalue weighted by Crippen LogP contribution is -2.02. The van der Waals surface area contributed by atoms with Crippen LogP contribution in [0.3, 0.4) is 0 Å². The first-order chi connectivity index (χ1) is 8.99. The summed E-state index contributed by atoms with van der Waals surface area (Å²) in [5.41, 5.74) is -0.217. The van der Waals surface area contributed by atoms with E-state index in [2.05, 4.69) is 15.3 Å². The number of halogens is 3. The third kappa shape index (κ3) is 2.88. The summed E-state index contributed by atoms with van der Waals surface area (Å²) in [6.07, 6.45) is 1.06. The van der Waals surface area contributed by atoms with E-state index in [-0.39, 0.29) is 21.7 Å². The summed E-state index contributed by atoms with van der Waals surface area (Å²) in [7, 11) is 0. The molecule has 98 valence electrons. The van der Waals surface area contributed by atoms with Crippen LogP contribution in [0, 0.1) is 15.9 Å². The van der Waals surface area contributed by atoms with Crippen LogP contribution < -0.4 is 5.32 Å². The van der Waals surface area contributed by atoms with Gasteiger partial charge in [-0.2, -0.15) is 0 Å². The standard InChI is InChI=1S/C10H5Cl2FN4O2/c11-6-3-5(13)1-2-7(6)16-10-8(17(18)19)9(12)14-4-15-10/h1-4H,(H,14,15,16). The smallest absolute Gasteiger partial charge is 0.333 e. The summed E-state index contributed by atoms with van der Waals surface area (Å²) in [5, 5.41) is 13.2. The Morgan fingerprint density at radius 2 is 2.05 bits per heavy atom. The fourth-order valence-corrected chi connectivity index (χ4v) is 1.75. The zero-order valence-electron chi connectivity index (χ0n) is 9.10. The van der Waals surface area contributed by atoms with Crippen molar-refractivity contribution in [3.05, 3.63) is 50.6 Å². The second-order valence-electron chi connectivity index (χ2n) is 3.37. The zero-order valence-corrected chi connectivity index (χ0v) is 10.6. The summed E-state index contributed by atoms with van der Waals surface area (Å²) >= 11 is 11.4. The summed E-state index contributed by atoms with van der Waals surface area (Å²) in [4.78, 5) is 17.4. The van der Waals surface area contributed by atoms with Crippen molar-refractivity contribution in [3.63, 3.8) is 0 Å². The molecule has 0 atom stereocenters. The molecular weight excluding hydrogens is 298 g/mol. The number of nitrogens with one attached hydrogen (secondary N) is 1. The average Bonchev–Trinajstić information content (AvgIpc) is 2.32. The Bertz CT molecular complexity index is 653. The Balaban J connectivity index is 2.44. The maximum Gasteiger partial charge on any atom is 0.348 e. The molecule has 0 amide bonds. The second kappa shape index (κ2) is 5.33. The topological polar surface area (TPSA) is 81.0 Å². The number of rotatable bonds is 3. The van der Waals surface area contributed by atoms with Gasteiger partial charge in [0.2, 0.25) is 11.0 Å². The first-order valence-corrected chi connectivity index (χ1v) is 5.61. The van der Waals surface area contributed by atoms with Crippen molar-refractivity contribution in [2.24, 2.45) is 0 Å². The molecule has 2 rings (SSSR count). The molecule has 1 aromatic heterocycles. The van der Waals surface area contributed by atoms with E-state index in [1.165, 1.54) is 6.07 Å². The van der Waals surface area contributed by atoms with Gasteiger partial charge < -0.3 is 5.32 Å². The molecule has 0 saturated heterocycles. The summed E-state index contributed by atoms with van der Waals surface area (Å²) in [5.74, 6) is -0.649. The van der Waals surface area contributed by atoms with Crippen LogP contribution in [0.5, 0.6) is 0 Å². The van der Waals surface area contributed by atoms with E-state index >= 15 is 0 Å². The summed E-state index contributed by atoms with van der Waals surface area (Å²) in [6.45, 7) is 0. The molecule has 0 bridgehead atoms. The number of hydrogen-bond acceptors (Lipinski definition) is 5. The molecule has 0 fully saturated rings. The molecular formula is C10H5Cl2FN4O2. The number of benzene rings is 1. The minimum absolute atomic E-state index is 0.0593. The quantitative estimate of drug-likeness (QED) is 0.532. The number of hydrogen-bond donors (Lipinski definition) is 1. The van der Waals surface area contributed by atoms with Crippen molar-refractivity contribution in [1.82, 2.24) is 9.97 Å². The highest BCUT2D eigenvalue weighted by Crippen LogP contribution is 2.33. The van der Waals surface area contributed by atoms with Gasteiger partial charge >= 0.3 is 5.69 Å². The van der Waals surface area contributed by atoms with E-state index in [1.807, 2.05) is 0 Å². The third-order valence-corrected chi connectivity index (χ3v) is 2.73. The average molecular weight is 303 g/mol. The molecule has 6 nitrogen and oxygen atoms in total. The second-order valence-corrected chi connectivity index (χ2v) is 4.13. The van der Waals surface area contributed by atoms with Gasteiger partial charge in [-0.25, -0.2) is 14.4 Å². The fourth-order valence-electron chi connectivity index (χ4n) is 1.33. The summed E-state index contributed by atoms with van der Waals surface area (Å²) in [6, 6.07) is 3.55. The first-order valence-electron chi connectivity index (χ1n) is 4.86. The van der Waals surface area contributed by atoms with Crippen molar-refractivity contribution in [3.8, 4) is 0 Å². The Hall–Kier alpha value is -1.99. The number of aromatic nitrogens is 2. The zero-order chi connectivity index (χ0) is 14.0. The Labute approximate surface area is 116 Å². The lowest BCUT2D eigenvalue weighted by atomic mass is 10.3. The Kier molecular flexibility index (Phi) is 3.77. The van der Waals surface area contributed by atoms with Gasteiger partial charge in [0.15, 0.2) is 0 Å². The maximum absolute atomic E-state index is 12.9. The molecule has 0 unspecified atom stereocenters. The van der Waals surface area contributed by atoms with E-state index in [9.17, 15) is 14.5 Å². The van der Waals surface area contributed by atoms with Crippen molar-refractivity contribution in [2.75, 3.05) is 5.32 Å². The van der Waals surface area contributed by atoms with E-state index < -0.39 is 16.4 Å². The van der Waals surface area contributed by atoms with Crippen LogP contribution >= 0.6 is 23.2 Å². The number of nitrogens with zero attached hydrogens (tertiary/aromatic N) is 3. The maximum atomic E-state index is 12.9. The van der Waals surface area contributed by atoms with Gasteiger partial charge in [0.25, 0.3) is 0 Å². The van der Waals surface area contributed by atoms with Crippen LogP contribution in [-0.2, 0) is 0 Å². The predicted octanol–water partition coefficient (Wildman–Crippen LogP) is 3.57. The molecule has 0 radical (unpaired) electrons. The highest BCUT2D eigenvalue weighted by atomic mass is 35.5. The van der Waals surface area contributed by atoms with Crippen LogP contribution in [0.15, 0.2) is 24.5 Å². The van der Waals surface area contributed by atoms with Gasteiger partial charge in [-0.15, -0.1) is 0 Å². The van der Waals surface area contributed by atoms with Gasteiger partial charge in [-0.3, -0.25) is 10.1 Å². The van der Waals surface area contributed by atoms with Crippen LogP contribution in [0.25, 0.3) is 0 Å². The van der Waals surface area contributed by atoms with Gasteiger partial charge in [-0.05, 0) is 18.2 Å². The number of nitro groups is 1. The molecule has 19 heavy (non-hydrogen) atoms. The van der Waals surface area contributed by atoms with Crippen LogP contribution in [0.4, 0.5) is 21.6 Å². The third-order valence-electron chi connectivity index (χ3n) is 2.14. The molecule has 1 N–H and O–H groups in total. The van der Waals surface area contributed by atoms with Crippen molar-refractivity contribution in [2.45, 2.75) is 0 Å². The highest BCUT2D eigenvalue weighted by Gasteiger charge is 2.22. The monoisotopic (exact) mass is 302 g/mol. The van der Waals surface area contributed by atoms with E-state index in [1.54, 1.807) is 0 Å². The highest BCUT2D eigenvalue weighted by molar-refractivity contribution is 6.33. The molecule has 1 heterocycles. The molecule has 1 aromatic carbocycles. The molecule has 0 aliphatic rings. The van der Waals surface area contributed by atoms with Gasteiger partial charge in [0, 0.05) is 0 Å². The van der Waals surface area contributed by atoms with Gasteiger partial charge in [-0.1, -0.05) is 23.2 Å². The number of anilines is 2. The lowest BCUT2D eigenvalue weighted by Gasteiger charge is -2.08. The first kappa shape index (κ1) is 13.4. The van der Waals surface area contributed by atoms with Gasteiger partial charge in [0.1, 0.15) is 12.1 Å². The molecule has 9 heteroatoms. The van der Waals surface area contributed by atoms with Crippen molar-refractivity contribution in [1.29, 1.82) is 0 Å². The van der Waals surface area contributed by atoms with Gasteiger partial charge in [0.05, 0.1) is 15.6 Å². The Morgan fingerprint density at radius 1 is 1.32 bits per heavy atom. The van der Waals surface area contributed by atoms with E-state index in [0.29, 0.717) is 0 Å². The Morgan fingerprint density at radius 3 is 2.68 bits per heavy atom. The van der Waals surface area contributed by atoms with Crippen molar-refractivity contribution >= 4 is 40.4 Å². The minimum Gasteiger partial charge on any atom is -0.333 e. The molecule has 0 spiro atoms. The molecule has 0 saturated carbocycles. The molecule has 2 aromatic rings. The van der Waals surface area contributed by atoms with Crippen LogP contribution in [0.1, 0.15) is 0 Å². The predicted molar refractivity (Wildman–Crippen MR) is 68.4 cm³/mol. The molecule has 0 aliphatic heterocycles. The summed E-state index contributed by atoms with van der Waals surface area (Å²) < 4.78 is 12.9. The SMILES string of the molecule is O=[N+]([O-])c1c(Cl)ncnc1Nc1ccc(F)cc1Cl. The van der Waals surface area contributed by atoms with Crippen LogP contribution in [-0.4, -0.2) is 14.9 Å². The van der Waals surface area contributed by atoms with Crippen LogP contribution in [0.2, 0.25) is 10.2 Å². The minimum atomic E-state index is -0.720. The normalized spacial score (nSPS) is 10.3. The molecule has 0 aliphatic carbocycles. The lowest BCUT2D eigenvalue weighted by molar-refractivity contribution is -0.384. The van der Waals surface area contributed by atoms with Crippen molar-refractivity contribution < 1.29 is 9.31 Å². The van der Waals surface area contributed by atoms with E-state index in [0.717, 1.165) is 18.5 Å².